The minimum Gasteiger partial charge on any atom is -0.386 e. The largest absolute Gasteiger partial charge is 0.386 e. The maximum absolute atomic E-state index is 4.36. The van der Waals surface area contributed by atoms with Crippen LogP contribution in [-0.2, 0) is 0 Å². The maximum atomic E-state index is 4.36. The molecular formula is C10H15N3. The van der Waals surface area contributed by atoms with Crippen LogP contribution in [0.1, 0.15) is 37.4 Å². The normalized spacial score (nSPS) is 17.6. The lowest BCUT2D eigenvalue weighted by atomic mass is 10.1. The van der Waals surface area contributed by atoms with Gasteiger partial charge in [0.2, 0.25) is 0 Å². The Kier molecular flexibility index (Phi) is 2.43. The summed E-state index contributed by atoms with van der Waals surface area (Å²) in [6, 6.07) is 0. The quantitative estimate of drug-likeness (QED) is 0.752. The molecule has 1 aromatic heterocycles. The summed E-state index contributed by atoms with van der Waals surface area (Å²) in [7, 11) is 1.88. The molecule has 0 aliphatic heterocycles. The van der Waals surface area contributed by atoms with E-state index in [2.05, 4.69) is 15.3 Å². The Labute approximate surface area is 78.6 Å². The lowest BCUT2D eigenvalue weighted by Gasteiger charge is -2.07. The number of hydrogen-bond acceptors (Lipinski definition) is 3. The Morgan fingerprint density at radius 3 is 2.38 bits per heavy atom. The monoisotopic (exact) mass is 177 g/mol. The molecule has 1 aliphatic rings. The second kappa shape index (κ2) is 3.73. The standard InChI is InChI=1S/C10H15N3/c1-11-9-6-12-10(13-7-9)8-4-2-3-5-8/h6-8,11H,2-5H2,1H3. The lowest BCUT2D eigenvalue weighted by Crippen LogP contribution is -2.01. The van der Waals surface area contributed by atoms with Crippen LogP contribution in [-0.4, -0.2) is 17.0 Å². The Morgan fingerprint density at radius 2 is 1.85 bits per heavy atom. The molecule has 0 radical (unpaired) electrons. The first kappa shape index (κ1) is 8.48. The highest BCUT2D eigenvalue weighted by molar-refractivity contribution is 5.36. The maximum Gasteiger partial charge on any atom is 0.131 e. The first-order valence-electron chi connectivity index (χ1n) is 4.90. The third-order valence-corrected chi connectivity index (χ3v) is 2.68. The fourth-order valence-electron chi connectivity index (χ4n) is 1.86. The van der Waals surface area contributed by atoms with E-state index < -0.39 is 0 Å². The van der Waals surface area contributed by atoms with E-state index in [0.29, 0.717) is 5.92 Å². The number of nitrogens with one attached hydrogen (secondary N) is 1. The van der Waals surface area contributed by atoms with Gasteiger partial charge in [-0.25, -0.2) is 9.97 Å². The molecule has 2 rings (SSSR count). The van der Waals surface area contributed by atoms with Crippen LogP contribution in [0.4, 0.5) is 5.69 Å². The van der Waals surface area contributed by atoms with Crippen molar-refractivity contribution in [3.05, 3.63) is 18.2 Å². The molecule has 0 atom stereocenters. The molecule has 0 saturated heterocycles. The molecule has 1 aliphatic carbocycles. The van der Waals surface area contributed by atoms with Crippen molar-refractivity contribution in [3.8, 4) is 0 Å². The van der Waals surface area contributed by atoms with Gasteiger partial charge in [-0.3, -0.25) is 0 Å². The number of nitrogens with zero attached hydrogens (tertiary/aromatic N) is 2. The van der Waals surface area contributed by atoms with Crippen LogP contribution in [0.5, 0.6) is 0 Å². The Bertz CT molecular complexity index is 262. The summed E-state index contributed by atoms with van der Waals surface area (Å²) in [6.07, 6.45) is 8.92. The van der Waals surface area contributed by atoms with E-state index in [4.69, 9.17) is 0 Å². The topological polar surface area (TPSA) is 37.8 Å². The number of hydrogen-bond donors (Lipinski definition) is 1. The second-order valence-corrected chi connectivity index (χ2v) is 3.56. The van der Waals surface area contributed by atoms with Crippen LogP contribution < -0.4 is 5.32 Å². The Balaban J connectivity index is 2.12. The summed E-state index contributed by atoms with van der Waals surface area (Å²) >= 11 is 0. The van der Waals surface area contributed by atoms with Crippen LogP contribution in [0.3, 0.4) is 0 Å². The predicted octanol–water partition coefficient (Wildman–Crippen LogP) is 2.18. The van der Waals surface area contributed by atoms with Crippen LogP contribution in [0, 0.1) is 0 Å². The van der Waals surface area contributed by atoms with Gasteiger partial charge in [0, 0.05) is 13.0 Å². The highest BCUT2D eigenvalue weighted by atomic mass is 14.9. The smallest absolute Gasteiger partial charge is 0.131 e. The number of anilines is 1. The molecule has 0 aromatic carbocycles. The average Bonchev–Trinajstić information content (AvgIpc) is 2.71. The lowest BCUT2D eigenvalue weighted by molar-refractivity contribution is 0.668. The molecule has 1 fully saturated rings. The third kappa shape index (κ3) is 1.79. The van der Waals surface area contributed by atoms with Crippen LogP contribution in [0.25, 0.3) is 0 Å². The molecule has 1 saturated carbocycles. The van der Waals surface area contributed by atoms with E-state index in [1.54, 1.807) is 0 Å². The summed E-state index contributed by atoms with van der Waals surface area (Å²) in [4.78, 5) is 8.72. The molecule has 0 spiro atoms. The number of rotatable bonds is 2. The van der Waals surface area contributed by atoms with Gasteiger partial charge in [-0.05, 0) is 12.8 Å². The molecule has 70 valence electrons. The zero-order valence-corrected chi connectivity index (χ0v) is 7.95. The first-order valence-corrected chi connectivity index (χ1v) is 4.90. The second-order valence-electron chi connectivity index (χ2n) is 3.56. The van der Waals surface area contributed by atoms with Crippen molar-refractivity contribution in [3.63, 3.8) is 0 Å². The zero-order valence-electron chi connectivity index (χ0n) is 7.95. The van der Waals surface area contributed by atoms with E-state index in [-0.39, 0.29) is 0 Å². The highest BCUT2D eigenvalue weighted by Crippen LogP contribution is 2.31. The minimum atomic E-state index is 0.617. The molecular weight excluding hydrogens is 162 g/mol. The van der Waals surface area contributed by atoms with Crippen LogP contribution in [0.15, 0.2) is 12.4 Å². The van der Waals surface area contributed by atoms with Gasteiger partial charge >= 0.3 is 0 Å². The molecule has 3 heteroatoms. The molecule has 1 heterocycles. The minimum absolute atomic E-state index is 0.617. The molecule has 3 nitrogen and oxygen atoms in total. The van der Waals surface area contributed by atoms with Crippen molar-refractivity contribution in [2.45, 2.75) is 31.6 Å². The van der Waals surface area contributed by atoms with E-state index in [1.165, 1.54) is 25.7 Å². The van der Waals surface area contributed by atoms with Gasteiger partial charge < -0.3 is 5.32 Å². The highest BCUT2D eigenvalue weighted by Gasteiger charge is 2.18. The number of aromatic nitrogens is 2. The van der Waals surface area contributed by atoms with Crippen molar-refractivity contribution in [2.24, 2.45) is 0 Å². The third-order valence-electron chi connectivity index (χ3n) is 2.68. The Morgan fingerprint density at radius 1 is 1.23 bits per heavy atom. The molecule has 13 heavy (non-hydrogen) atoms. The van der Waals surface area contributed by atoms with Gasteiger partial charge in [-0.2, -0.15) is 0 Å². The molecule has 0 bridgehead atoms. The summed E-state index contributed by atoms with van der Waals surface area (Å²) in [6.45, 7) is 0. The zero-order chi connectivity index (χ0) is 9.10. The van der Waals surface area contributed by atoms with E-state index >= 15 is 0 Å². The van der Waals surface area contributed by atoms with E-state index in [9.17, 15) is 0 Å². The first-order chi connectivity index (χ1) is 6.40. The predicted molar refractivity (Wildman–Crippen MR) is 52.8 cm³/mol. The van der Waals surface area contributed by atoms with Gasteiger partial charge in [-0.15, -0.1) is 0 Å². The van der Waals surface area contributed by atoms with Crippen molar-refractivity contribution >= 4 is 5.69 Å². The summed E-state index contributed by atoms with van der Waals surface area (Å²) < 4.78 is 0. The fraction of sp³-hybridized carbons (Fsp3) is 0.600. The van der Waals surface area contributed by atoms with Crippen molar-refractivity contribution in [2.75, 3.05) is 12.4 Å². The van der Waals surface area contributed by atoms with E-state index in [0.717, 1.165) is 11.5 Å². The van der Waals surface area contributed by atoms with Gasteiger partial charge in [0.05, 0.1) is 18.1 Å². The summed E-state index contributed by atoms with van der Waals surface area (Å²) in [5.74, 6) is 1.64. The molecule has 1 N–H and O–H groups in total. The summed E-state index contributed by atoms with van der Waals surface area (Å²) in [5, 5.41) is 3.02. The van der Waals surface area contributed by atoms with E-state index in [1.807, 2.05) is 19.4 Å². The van der Waals surface area contributed by atoms with Crippen molar-refractivity contribution in [1.29, 1.82) is 0 Å². The van der Waals surface area contributed by atoms with Gasteiger partial charge in [0.15, 0.2) is 0 Å². The molecule has 0 unspecified atom stereocenters. The van der Waals surface area contributed by atoms with Gasteiger partial charge in [-0.1, -0.05) is 12.8 Å². The van der Waals surface area contributed by atoms with Crippen LogP contribution >= 0.6 is 0 Å². The van der Waals surface area contributed by atoms with Crippen LogP contribution in [0.2, 0.25) is 0 Å². The molecule has 0 amide bonds. The van der Waals surface area contributed by atoms with Crippen molar-refractivity contribution in [1.82, 2.24) is 9.97 Å². The fourth-order valence-corrected chi connectivity index (χ4v) is 1.86. The van der Waals surface area contributed by atoms with Gasteiger partial charge in [0.25, 0.3) is 0 Å². The SMILES string of the molecule is CNc1cnc(C2CCCC2)nc1. The molecule has 1 aromatic rings. The average molecular weight is 177 g/mol. The Hall–Kier alpha value is -1.12. The summed E-state index contributed by atoms with van der Waals surface area (Å²) in [5.41, 5.74) is 0.988. The van der Waals surface area contributed by atoms with Gasteiger partial charge in [0.1, 0.15) is 5.82 Å². The van der Waals surface area contributed by atoms with Crippen molar-refractivity contribution < 1.29 is 0 Å².